The van der Waals surface area contributed by atoms with Crippen LogP contribution in [0.3, 0.4) is 0 Å². The lowest BCUT2D eigenvalue weighted by Gasteiger charge is -2.24. The molecule has 0 saturated carbocycles. The summed E-state index contributed by atoms with van der Waals surface area (Å²) in [6.45, 7) is 4.49. The van der Waals surface area contributed by atoms with Crippen molar-refractivity contribution in [2.75, 3.05) is 20.6 Å². The van der Waals surface area contributed by atoms with E-state index in [1.54, 1.807) is 0 Å². The van der Waals surface area contributed by atoms with E-state index in [2.05, 4.69) is 5.32 Å². The van der Waals surface area contributed by atoms with Crippen LogP contribution >= 0.6 is 0 Å². The standard InChI is InChI=1S/C11H24N4O/c1-8(2)10(16)9(15(3)4)6-5-7-14-11(12)13/h8-9H,5-7H2,1-4H3,(H4,12,13,14)/t9-/m0/s1. The van der Waals surface area contributed by atoms with Crippen molar-refractivity contribution in [3.8, 4) is 0 Å². The molecule has 0 aliphatic carbocycles. The summed E-state index contributed by atoms with van der Waals surface area (Å²) < 4.78 is 0. The molecule has 16 heavy (non-hydrogen) atoms. The molecule has 0 heterocycles. The highest BCUT2D eigenvalue weighted by molar-refractivity contribution is 5.85. The SMILES string of the molecule is CC(C)C(=O)[C@H](CCCNC(=N)N)N(C)C. The second-order valence-corrected chi connectivity index (χ2v) is 4.52. The van der Waals surface area contributed by atoms with E-state index in [0.29, 0.717) is 6.54 Å². The van der Waals surface area contributed by atoms with E-state index in [-0.39, 0.29) is 23.7 Å². The number of rotatable bonds is 7. The maximum absolute atomic E-state index is 11.9. The highest BCUT2D eigenvalue weighted by atomic mass is 16.1. The topological polar surface area (TPSA) is 82.2 Å². The Bertz CT molecular complexity index is 238. The largest absolute Gasteiger partial charge is 0.370 e. The first kappa shape index (κ1) is 14.9. The summed E-state index contributed by atoms with van der Waals surface area (Å²) in [4.78, 5) is 13.8. The molecule has 0 bridgehead atoms. The summed E-state index contributed by atoms with van der Waals surface area (Å²) in [5.74, 6) is 0.317. The van der Waals surface area contributed by atoms with Gasteiger partial charge in [0.15, 0.2) is 11.7 Å². The third kappa shape index (κ3) is 5.70. The zero-order valence-electron chi connectivity index (χ0n) is 10.7. The normalized spacial score (nSPS) is 12.9. The van der Waals surface area contributed by atoms with Gasteiger partial charge in [0.05, 0.1) is 6.04 Å². The smallest absolute Gasteiger partial charge is 0.185 e. The first-order valence-electron chi connectivity index (χ1n) is 5.64. The molecular weight excluding hydrogens is 204 g/mol. The molecule has 1 atom stereocenters. The van der Waals surface area contributed by atoms with E-state index in [4.69, 9.17) is 11.1 Å². The van der Waals surface area contributed by atoms with Crippen molar-refractivity contribution in [2.45, 2.75) is 32.7 Å². The number of nitrogens with zero attached hydrogens (tertiary/aromatic N) is 1. The number of ketones is 1. The summed E-state index contributed by atoms with van der Waals surface area (Å²) in [6.07, 6.45) is 1.63. The Hall–Kier alpha value is -1.10. The van der Waals surface area contributed by atoms with Gasteiger partial charge < -0.3 is 11.1 Å². The van der Waals surface area contributed by atoms with Crippen LogP contribution in [0.2, 0.25) is 0 Å². The van der Waals surface area contributed by atoms with Crippen LogP contribution in [0.15, 0.2) is 0 Å². The number of hydrogen-bond acceptors (Lipinski definition) is 3. The number of Topliss-reactive ketones (excluding diaryl/α,β-unsaturated/α-hetero) is 1. The lowest BCUT2D eigenvalue weighted by molar-refractivity contribution is -0.126. The highest BCUT2D eigenvalue weighted by Crippen LogP contribution is 2.10. The highest BCUT2D eigenvalue weighted by Gasteiger charge is 2.22. The summed E-state index contributed by atoms with van der Waals surface area (Å²) in [6, 6.07) is -0.0336. The zero-order chi connectivity index (χ0) is 12.7. The molecule has 4 N–H and O–H groups in total. The van der Waals surface area contributed by atoms with Gasteiger partial charge in [0.1, 0.15) is 0 Å². The third-order valence-corrected chi connectivity index (χ3v) is 2.49. The van der Waals surface area contributed by atoms with E-state index in [0.717, 1.165) is 12.8 Å². The van der Waals surface area contributed by atoms with Crippen molar-refractivity contribution in [2.24, 2.45) is 11.7 Å². The fourth-order valence-electron chi connectivity index (χ4n) is 1.56. The molecule has 0 amide bonds. The first-order valence-corrected chi connectivity index (χ1v) is 5.64. The molecule has 0 unspecified atom stereocenters. The van der Waals surface area contributed by atoms with E-state index >= 15 is 0 Å². The second-order valence-electron chi connectivity index (χ2n) is 4.52. The summed E-state index contributed by atoms with van der Waals surface area (Å²) >= 11 is 0. The molecule has 0 fully saturated rings. The fraction of sp³-hybridized carbons (Fsp3) is 0.818. The average molecular weight is 228 g/mol. The molecule has 0 spiro atoms. The third-order valence-electron chi connectivity index (χ3n) is 2.49. The molecule has 0 aliphatic heterocycles. The van der Waals surface area contributed by atoms with Gasteiger partial charge >= 0.3 is 0 Å². The van der Waals surface area contributed by atoms with Crippen molar-refractivity contribution < 1.29 is 4.79 Å². The quantitative estimate of drug-likeness (QED) is 0.335. The average Bonchev–Trinajstić information content (AvgIpc) is 2.15. The zero-order valence-corrected chi connectivity index (χ0v) is 10.7. The maximum Gasteiger partial charge on any atom is 0.185 e. The molecule has 0 aromatic heterocycles. The van der Waals surface area contributed by atoms with Gasteiger partial charge in [-0.3, -0.25) is 15.1 Å². The van der Waals surface area contributed by atoms with Crippen LogP contribution in [-0.4, -0.2) is 43.3 Å². The van der Waals surface area contributed by atoms with E-state index in [9.17, 15) is 4.79 Å². The lowest BCUT2D eigenvalue weighted by Crippen LogP contribution is -2.39. The molecule has 5 heteroatoms. The molecule has 0 radical (unpaired) electrons. The minimum atomic E-state index is -0.0336. The predicted molar refractivity (Wildman–Crippen MR) is 66.5 cm³/mol. The van der Waals surface area contributed by atoms with Crippen LogP contribution in [0.4, 0.5) is 0 Å². The predicted octanol–water partition coefficient (Wildman–Crippen LogP) is 0.405. The van der Waals surface area contributed by atoms with Crippen LogP contribution in [0, 0.1) is 11.3 Å². The van der Waals surface area contributed by atoms with Gasteiger partial charge in [-0.25, -0.2) is 0 Å². The molecule has 5 nitrogen and oxygen atoms in total. The van der Waals surface area contributed by atoms with Crippen molar-refractivity contribution >= 4 is 11.7 Å². The second kappa shape index (κ2) is 7.22. The van der Waals surface area contributed by atoms with Crippen LogP contribution in [0.25, 0.3) is 0 Å². The molecule has 94 valence electrons. The molecule has 0 aromatic rings. The molecule has 0 rings (SSSR count). The number of carbonyl (C=O) groups excluding carboxylic acids is 1. The molecule has 0 aromatic carbocycles. The van der Waals surface area contributed by atoms with Crippen LogP contribution in [0.5, 0.6) is 0 Å². The van der Waals surface area contributed by atoms with Gasteiger partial charge in [-0.15, -0.1) is 0 Å². The Labute approximate surface area is 97.9 Å². The molecule has 0 aliphatic rings. The van der Waals surface area contributed by atoms with Gasteiger partial charge in [-0.05, 0) is 26.9 Å². The minimum Gasteiger partial charge on any atom is -0.370 e. The van der Waals surface area contributed by atoms with Crippen molar-refractivity contribution in [3.63, 3.8) is 0 Å². The Morgan fingerprint density at radius 3 is 2.38 bits per heavy atom. The number of guanidine groups is 1. The van der Waals surface area contributed by atoms with Gasteiger partial charge in [0, 0.05) is 12.5 Å². The summed E-state index contributed by atoms with van der Waals surface area (Å²) in [5, 5.41) is 9.75. The first-order chi connectivity index (χ1) is 7.36. The summed E-state index contributed by atoms with van der Waals surface area (Å²) in [7, 11) is 3.84. The lowest BCUT2D eigenvalue weighted by atomic mass is 9.97. The van der Waals surface area contributed by atoms with Gasteiger partial charge in [-0.2, -0.15) is 0 Å². The van der Waals surface area contributed by atoms with Crippen molar-refractivity contribution in [3.05, 3.63) is 0 Å². The van der Waals surface area contributed by atoms with Crippen LogP contribution in [-0.2, 0) is 4.79 Å². The Morgan fingerprint density at radius 2 is 2.00 bits per heavy atom. The number of hydrogen-bond donors (Lipinski definition) is 3. The Morgan fingerprint density at radius 1 is 1.44 bits per heavy atom. The number of carbonyl (C=O) groups is 1. The van der Waals surface area contributed by atoms with Gasteiger partial charge in [0.2, 0.25) is 0 Å². The van der Waals surface area contributed by atoms with E-state index in [1.807, 2.05) is 32.8 Å². The van der Waals surface area contributed by atoms with E-state index < -0.39 is 0 Å². The summed E-state index contributed by atoms with van der Waals surface area (Å²) in [5.41, 5.74) is 5.17. The van der Waals surface area contributed by atoms with Crippen molar-refractivity contribution in [1.82, 2.24) is 10.2 Å². The Kier molecular flexibility index (Phi) is 6.72. The maximum atomic E-state index is 11.9. The van der Waals surface area contributed by atoms with Crippen LogP contribution in [0.1, 0.15) is 26.7 Å². The molecule has 0 saturated heterocycles. The van der Waals surface area contributed by atoms with Crippen LogP contribution < -0.4 is 11.1 Å². The van der Waals surface area contributed by atoms with Gasteiger partial charge in [-0.1, -0.05) is 13.8 Å². The van der Waals surface area contributed by atoms with Crippen molar-refractivity contribution in [1.29, 1.82) is 5.41 Å². The Balaban J connectivity index is 4.05. The minimum absolute atomic E-state index is 0.0170. The van der Waals surface area contributed by atoms with E-state index in [1.165, 1.54) is 0 Å². The monoisotopic (exact) mass is 228 g/mol. The number of likely N-dealkylation sites (N-methyl/N-ethyl adjacent to an activating group) is 1. The molecular formula is C11H24N4O. The number of nitrogens with two attached hydrogens (primary N) is 1. The van der Waals surface area contributed by atoms with Gasteiger partial charge in [0.25, 0.3) is 0 Å². The number of nitrogens with one attached hydrogen (secondary N) is 2. The fourth-order valence-corrected chi connectivity index (χ4v) is 1.56.